The Morgan fingerprint density at radius 3 is 2.88 bits per heavy atom. The molecule has 0 spiro atoms. The summed E-state index contributed by atoms with van der Waals surface area (Å²) in [4.78, 5) is 25.4. The molecule has 3 rings (SSSR count). The van der Waals surface area contributed by atoms with Crippen molar-refractivity contribution in [2.24, 2.45) is 0 Å². The van der Waals surface area contributed by atoms with Gasteiger partial charge in [0.15, 0.2) is 5.82 Å². The fourth-order valence-corrected chi connectivity index (χ4v) is 3.74. The van der Waals surface area contributed by atoms with E-state index in [0.29, 0.717) is 19.4 Å². The predicted molar refractivity (Wildman–Crippen MR) is 89.2 cm³/mol. The van der Waals surface area contributed by atoms with Gasteiger partial charge in [-0.2, -0.15) is 0 Å². The van der Waals surface area contributed by atoms with Gasteiger partial charge in [-0.1, -0.05) is 6.42 Å². The van der Waals surface area contributed by atoms with E-state index in [0.717, 1.165) is 50.4 Å². The van der Waals surface area contributed by atoms with Crippen molar-refractivity contribution in [3.05, 3.63) is 11.6 Å². The van der Waals surface area contributed by atoms with Gasteiger partial charge < -0.3 is 14.8 Å². The van der Waals surface area contributed by atoms with Crippen LogP contribution in [0.1, 0.15) is 69.6 Å². The van der Waals surface area contributed by atoms with Crippen LogP contribution < -0.4 is 5.32 Å². The Kier molecular flexibility index (Phi) is 5.48. The average Bonchev–Trinajstić information content (AvgIpc) is 3.12. The Morgan fingerprint density at radius 2 is 2.04 bits per heavy atom. The number of aromatic nitrogens is 3. The van der Waals surface area contributed by atoms with E-state index in [-0.39, 0.29) is 17.9 Å². The van der Waals surface area contributed by atoms with Crippen LogP contribution in [0.4, 0.5) is 0 Å². The largest absolute Gasteiger partial charge is 0.356 e. The minimum absolute atomic E-state index is 0.0485. The van der Waals surface area contributed by atoms with E-state index in [1.165, 1.54) is 19.8 Å². The van der Waals surface area contributed by atoms with Crippen LogP contribution in [0.3, 0.4) is 0 Å². The van der Waals surface area contributed by atoms with Crippen LogP contribution in [-0.2, 0) is 22.6 Å². The lowest BCUT2D eigenvalue weighted by Gasteiger charge is -2.24. The summed E-state index contributed by atoms with van der Waals surface area (Å²) in [5.74, 6) is 2.16. The third-order valence-corrected chi connectivity index (χ3v) is 4.95. The molecule has 7 nitrogen and oxygen atoms in total. The lowest BCUT2D eigenvalue weighted by molar-refractivity contribution is -0.132. The molecule has 2 amide bonds. The van der Waals surface area contributed by atoms with Crippen LogP contribution in [0.2, 0.25) is 0 Å². The van der Waals surface area contributed by atoms with Gasteiger partial charge in [-0.25, -0.2) is 0 Å². The number of hydrogen-bond acceptors (Lipinski definition) is 4. The fourth-order valence-electron chi connectivity index (χ4n) is 3.74. The van der Waals surface area contributed by atoms with Gasteiger partial charge in [-0.05, 0) is 32.1 Å². The molecular weight excluding hydrogens is 306 g/mol. The van der Waals surface area contributed by atoms with E-state index in [9.17, 15) is 9.59 Å². The summed E-state index contributed by atoms with van der Waals surface area (Å²) in [6.45, 7) is 3.82. The number of carbonyl (C=O) groups excluding carboxylic acids is 2. The molecule has 0 saturated carbocycles. The van der Waals surface area contributed by atoms with E-state index in [1.54, 1.807) is 0 Å². The van der Waals surface area contributed by atoms with E-state index >= 15 is 0 Å². The van der Waals surface area contributed by atoms with Crippen LogP contribution in [0.5, 0.6) is 0 Å². The molecule has 1 aromatic heterocycles. The van der Waals surface area contributed by atoms with Gasteiger partial charge in [-0.15, -0.1) is 10.2 Å². The molecule has 0 radical (unpaired) electrons. The van der Waals surface area contributed by atoms with E-state index < -0.39 is 0 Å². The highest BCUT2D eigenvalue weighted by atomic mass is 16.2. The van der Waals surface area contributed by atoms with Gasteiger partial charge in [0.05, 0.1) is 6.04 Å². The maximum Gasteiger partial charge on any atom is 0.223 e. The fraction of sp³-hybridized carbons (Fsp3) is 0.765. The quantitative estimate of drug-likeness (QED) is 0.830. The second-order valence-corrected chi connectivity index (χ2v) is 6.77. The molecule has 1 fully saturated rings. The first kappa shape index (κ1) is 16.9. The van der Waals surface area contributed by atoms with Gasteiger partial charge in [-0.3, -0.25) is 9.59 Å². The number of likely N-dealkylation sites (tertiary alicyclic amines) is 1. The highest BCUT2D eigenvalue weighted by Crippen LogP contribution is 2.32. The molecule has 0 unspecified atom stereocenters. The number of fused-ring (bicyclic) bond motifs is 1. The SMILES string of the molecule is CC(=O)NCCCC(=O)N1CCC[C@@H]1c1nnc2n1CCCCC2. The molecule has 1 N–H and O–H groups in total. The normalized spacial score (nSPS) is 20.5. The number of carbonyl (C=O) groups is 2. The summed E-state index contributed by atoms with van der Waals surface area (Å²) >= 11 is 0. The molecule has 2 aliphatic rings. The van der Waals surface area contributed by atoms with Gasteiger partial charge in [0.2, 0.25) is 11.8 Å². The van der Waals surface area contributed by atoms with Crippen molar-refractivity contribution in [1.82, 2.24) is 25.0 Å². The summed E-state index contributed by atoms with van der Waals surface area (Å²) in [5, 5.41) is 11.6. The van der Waals surface area contributed by atoms with Crippen molar-refractivity contribution in [3.8, 4) is 0 Å². The molecule has 3 heterocycles. The van der Waals surface area contributed by atoms with Gasteiger partial charge in [0.1, 0.15) is 5.82 Å². The Hall–Kier alpha value is -1.92. The molecular formula is C17H27N5O2. The molecule has 7 heteroatoms. The van der Waals surface area contributed by atoms with Crippen LogP contribution in [0, 0.1) is 0 Å². The first-order valence-electron chi connectivity index (χ1n) is 9.12. The molecule has 1 aromatic rings. The topological polar surface area (TPSA) is 80.1 Å². The van der Waals surface area contributed by atoms with Crippen LogP contribution in [-0.4, -0.2) is 44.6 Å². The zero-order valence-corrected chi connectivity index (χ0v) is 14.5. The number of nitrogens with zero attached hydrogens (tertiary/aromatic N) is 4. The first-order chi connectivity index (χ1) is 11.7. The van der Waals surface area contributed by atoms with Crippen LogP contribution >= 0.6 is 0 Å². The van der Waals surface area contributed by atoms with Crippen molar-refractivity contribution in [1.29, 1.82) is 0 Å². The molecule has 0 aliphatic carbocycles. The van der Waals surface area contributed by atoms with Crippen molar-refractivity contribution in [2.45, 2.75) is 70.9 Å². The molecule has 0 bridgehead atoms. The highest BCUT2D eigenvalue weighted by Gasteiger charge is 2.34. The lowest BCUT2D eigenvalue weighted by atomic mass is 10.2. The summed E-state index contributed by atoms with van der Waals surface area (Å²) in [5.41, 5.74) is 0. The molecule has 24 heavy (non-hydrogen) atoms. The van der Waals surface area contributed by atoms with Crippen molar-refractivity contribution < 1.29 is 9.59 Å². The maximum absolute atomic E-state index is 12.6. The maximum atomic E-state index is 12.6. The molecule has 1 saturated heterocycles. The van der Waals surface area contributed by atoms with Gasteiger partial charge in [0.25, 0.3) is 0 Å². The molecule has 0 aromatic carbocycles. The highest BCUT2D eigenvalue weighted by molar-refractivity contribution is 5.77. The summed E-state index contributed by atoms with van der Waals surface area (Å²) in [6, 6.07) is 0.0672. The van der Waals surface area contributed by atoms with E-state index in [1.807, 2.05) is 4.90 Å². The standard InChI is InChI=1S/C17H27N5O2/c1-13(23)18-10-5-9-16(24)21-12-6-7-14(21)17-20-19-15-8-3-2-4-11-22(15)17/h14H,2-12H2,1H3,(H,18,23)/t14-/m1/s1. The number of amides is 2. The monoisotopic (exact) mass is 333 g/mol. The zero-order valence-electron chi connectivity index (χ0n) is 14.5. The number of nitrogens with one attached hydrogen (secondary N) is 1. The van der Waals surface area contributed by atoms with Crippen molar-refractivity contribution in [3.63, 3.8) is 0 Å². The Morgan fingerprint density at radius 1 is 1.17 bits per heavy atom. The van der Waals surface area contributed by atoms with Gasteiger partial charge >= 0.3 is 0 Å². The van der Waals surface area contributed by atoms with Crippen molar-refractivity contribution >= 4 is 11.8 Å². The van der Waals surface area contributed by atoms with Gasteiger partial charge in [0, 0.05) is 39.4 Å². The molecule has 132 valence electrons. The number of hydrogen-bond donors (Lipinski definition) is 1. The zero-order chi connectivity index (χ0) is 16.9. The third kappa shape index (κ3) is 3.76. The molecule has 2 aliphatic heterocycles. The minimum Gasteiger partial charge on any atom is -0.356 e. The minimum atomic E-state index is -0.0485. The van der Waals surface area contributed by atoms with Crippen LogP contribution in [0.25, 0.3) is 0 Å². The first-order valence-corrected chi connectivity index (χ1v) is 9.12. The Labute approximate surface area is 142 Å². The average molecular weight is 333 g/mol. The number of aryl methyl sites for hydroxylation is 1. The lowest BCUT2D eigenvalue weighted by Crippen LogP contribution is -2.32. The molecule has 1 atom stereocenters. The third-order valence-electron chi connectivity index (χ3n) is 4.95. The summed E-state index contributed by atoms with van der Waals surface area (Å²) < 4.78 is 2.25. The predicted octanol–water partition coefficient (Wildman–Crippen LogP) is 1.58. The summed E-state index contributed by atoms with van der Waals surface area (Å²) in [6.07, 6.45) is 7.70. The summed E-state index contributed by atoms with van der Waals surface area (Å²) in [7, 11) is 0. The Balaban J connectivity index is 1.64. The smallest absolute Gasteiger partial charge is 0.223 e. The second kappa shape index (κ2) is 7.77. The van der Waals surface area contributed by atoms with Crippen LogP contribution in [0.15, 0.2) is 0 Å². The Bertz CT molecular complexity index is 598. The second-order valence-electron chi connectivity index (χ2n) is 6.77. The van der Waals surface area contributed by atoms with Crippen molar-refractivity contribution in [2.75, 3.05) is 13.1 Å². The van der Waals surface area contributed by atoms with E-state index in [2.05, 4.69) is 20.1 Å². The number of rotatable bonds is 5. The van der Waals surface area contributed by atoms with E-state index in [4.69, 9.17) is 0 Å².